The molecule has 0 fully saturated rings. The van der Waals surface area contributed by atoms with E-state index in [0.717, 1.165) is 38.5 Å². The molecule has 0 aliphatic carbocycles. The number of aliphatic carboxylic acids is 3. The van der Waals surface area contributed by atoms with Gasteiger partial charge in [0.1, 0.15) is 0 Å². The van der Waals surface area contributed by atoms with Gasteiger partial charge < -0.3 is 29.7 Å². The predicted molar refractivity (Wildman–Crippen MR) is 128 cm³/mol. The number of thiol groups is 3. The van der Waals surface area contributed by atoms with Crippen molar-refractivity contribution in [3.8, 4) is 0 Å². The molecular formula is C20H38O6S3Sn. The molecule has 3 atom stereocenters. The zero-order valence-electron chi connectivity index (χ0n) is 18.6. The van der Waals surface area contributed by atoms with Gasteiger partial charge in [-0.15, -0.1) is 0 Å². The van der Waals surface area contributed by atoms with Crippen LogP contribution in [-0.2, 0) is 14.4 Å². The minimum absolute atomic E-state index is 0.579. The van der Waals surface area contributed by atoms with Gasteiger partial charge in [-0.25, -0.2) is 0 Å². The summed E-state index contributed by atoms with van der Waals surface area (Å²) in [4.78, 5) is 30.1. The Morgan fingerprint density at radius 2 is 0.800 bits per heavy atom. The first-order valence-electron chi connectivity index (χ1n) is 10.3. The second-order valence-electron chi connectivity index (χ2n) is 6.28. The SMILES string of the molecule is CCCCC(S)C(=O)[O-].CCCCC(S)C(=O)[O-].CCCCC(S)C(=O)[O-].C[CH2][Sn+3]. The first-order valence-corrected chi connectivity index (χ1v) is 13.8. The summed E-state index contributed by atoms with van der Waals surface area (Å²) in [7, 11) is 0. The third kappa shape index (κ3) is 35.7. The Labute approximate surface area is 212 Å². The fourth-order valence-electron chi connectivity index (χ4n) is 1.55. The first kappa shape index (κ1) is 37.6. The van der Waals surface area contributed by atoms with Gasteiger partial charge in [-0.3, -0.25) is 0 Å². The molecule has 3 unspecified atom stereocenters. The molecular weight excluding hydrogens is 551 g/mol. The van der Waals surface area contributed by atoms with Crippen molar-refractivity contribution in [2.75, 3.05) is 0 Å². The van der Waals surface area contributed by atoms with Crippen molar-refractivity contribution in [2.24, 2.45) is 0 Å². The summed E-state index contributed by atoms with van der Waals surface area (Å²) in [6.45, 7) is 8.19. The van der Waals surface area contributed by atoms with E-state index in [1.54, 1.807) is 22.5 Å². The molecule has 0 aromatic carbocycles. The molecule has 0 N–H and O–H groups in total. The van der Waals surface area contributed by atoms with Crippen LogP contribution in [0.25, 0.3) is 0 Å². The Kier molecular flexibility index (Phi) is 36.6. The Balaban J connectivity index is -0.000000158. The quantitative estimate of drug-likeness (QED) is 0.233. The summed E-state index contributed by atoms with van der Waals surface area (Å²) in [5.41, 5.74) is 0. The summed E-state index contributed by atoms with van der Waals surface area (Å²) >= 11 is 13.0. The fraction of sp³-hybridized carbons (Fsp3) is 0.850. The van der Waals surface area contributed by atoms with E-state index in [1.165, 1.54) is 4.44 Å². The van der Waals surface area contributed by atoms with Crippen LogP contribution in [0.2, 0.25) is 4.44 Å². The summed E-state index contributed by atoms with van der Waals surface area (Å²) in [6.07, 6.45) is 7.57. The number of carboxylic acids is 3. The average molecular weight is 589 g/mol. The molecule has 0 aliphatic heterocycles. The van der Waals surface area contributed by atoms with Gasteiger partial charge in [0.2, 0.25) is 0 Å². The van der Waals surface area contributed by atoms with Crippen molar-refractivity contribution >= 4 is 78.3 Å². The van der Waals surface area contributed by atoms with Crippen LogP contribution in [0.5, 0.6) is 0 Å². The number of hydrogen-bond donors (Lipinski definition) is 3. The van der Waals surface area contributed by atoms with E-state index in [0.29, 0.717) is 19.3 Å². The monoisotopic (exact) mass is 590 g/mol. The van der Waals surface area contributed by atoms with E-state index in [4.69, 9.17) is 0 Å². The molecule has 176 valence electrons. The molecule has 0 heterocycles. The number of unbranched alkanes of at least 4 members (excludes halogenated alkanes) is 3. The molecule has 0 aromatic rings. The average Bonchev–Trinajstić information content (AvgIpc) is 2.69. The van der Waals surface area contributed by atoms with Crippen LogP contribution < -0.4 is 15.3 Å². The summed E-state index contributed by atoms with van der Waals surface area (Å²) in [6, 6.07) is 0. The van der Waals surface area contributed by atoms with Crippen molar-refractivity contribution in [3.05, 3.63) is 0 Å². The molecule has 30 heavy (non-hydrogen) atoms. The zero-order chi connectivity index (χ0) is 24.5. The van der Waals surface area contributed by atoms with Crippen LogP contribution in [-0.4, -0.2) is 56.2 Å². The van der Waals surface area contributed by atoms with Gasteiger partial charge in [0.15, 0.2) is 0 Å². The van der Waals surface area contributed by atoms with Crippen molar-refractivity contribution in [1.82, 2.24) is 0 Å². The third-order valence-electron chi connectivity index (χ3n) is 3.31. The molecule has 0 aromatic heterocycles. The van der Waals surface area contributed by atoms with Crippen LogP contribution in [0.4, 0.5) is 0 Å². The Morgan fingerprint density at radius 1 is 0.633 bits per heavy atom. The van der Waals surface area contributed by atoms with Crippen molar-refractivity contribution in [1.29, 1.82) is 0 Å². The van der Waals surface area contributed by atoms with Crippen LogP contribution >= 0.6 is 37.9 Å². The number of carbonyl (C=O) groups is 3. The molecule has 0 amide bonds. The van der Waals surface area contributed by atoms with Gasteiger partial charge in [-0.1, -0.05) is 59.3 Å². The van der Waals surface area contributed by atoms with Crippen LogP contribution in [0, 0.1) is 0 Å². The molecule has 0 radical (unpaired) electrons. The van der Waals surface area contributed by atoms with E-state index in [9.17, 15) is 29.7 Å². The maximum absolute atomic E-state index is 10.0. The molecule has 0 saturated heterocycles. The fourth-order valence-corrected chi connectivity index (χ4v) is 2.09. The minimum atomic E-state index is -1.06. The standard InChI is InChI=1S/3C6H12O2S.C2H5.Sn/c3*1-2-3-4-5(9)6(7)8;1-2;/h3*5,9H,2-4H2,1H3,(H,7,8);1H2,2H3;/q;;;;+3/p-3. The van der Waals surface area contributed by atoms with E-state index in [2.05, 4.69) is 44.8 Å². The predicted octanol–water partition coefficient (Wildman–Crippen LogP) is 1.27. The Hall–Kier alpha value is 0.259. The molecule has 0 rings (SSSR count). The summed E-state index contributed by atoms with van der Waals surface area (Å²) < 4.78 is 1.34. The van der Waals surface area contributed by atoms with Crippen molar-refractivity contribution in [2.45, 2.75) is 106 Å². The van der Waals surface area contributed by atoms with Gasteiger partial charge in [-0.2, -0.15) is 37.9 Å². The third-order valence-corrected chi connectivity index (χ3v) is 4.72. The number of carboxylic acid groups (broad SMARTS) is 3. The molecule has 6 nitrogen and oxygen atoms in total. The van der Waals surface area contributed by atoms with E-state index < -0.39 is 33.7 Å². The van der Waals surface area contributed by atoms with E-state index in [-0.39, 0.29) is 0 Å². The Morgan fingerprint density at radius 3 is 0.900 bits per heavy atom. The topological polar surface area (TPSA) is 120 Å². The molecule has 0 saturated carbocycles. The summed E-state index contributed by atoms with van der Waals surface area (Å²) in [5, 5.41) is 28.3. The van der Waals surface area contributed by atoms with Crippen LogP contribution in [0.3, 0.4) is 0 Å². The van der Waals surface area contributed by atoms with Gasteiger partial charge in [0, 0.05) is 15.7 Å². The van der Waals surface area contributed by atoms with Crippen LogP contribution in [0.1, 0.15) is 85.5 Å². The number of carbonyl (C=O) groups excluding carboxylic acids is 3. The summed E-state index contributed by atoms with van der Waals surface area (Å²) in [5.74, 6) is -3.19. The van der Waals surface area contributed by atoms with Crippen molar-refractivity contribution in [3.63, 3.8) is 0 Å². The van der Waals surface area contributed by atoms with E-state index >= 15 is 0 Å². The van der Waals surface area contributed by atoms with Gasteiger partial charge in [-0.05, 0) is 19.3 Å². The number of rotatable bonds is 12. The maximum atomic E-state index is 10.0. The van der Waals surface area contributed by atoms with Gasteiger partial charge in [0.25, 0.3) is 0 Å². The Bertz CT molecular complexity index is 357. The van der Waals surface area contributed by atoms with Gasteiger partial charge >= 0.3 is 33.9 Å². The normalized spacial score (nSPS) is 12.4. The molecule has 0 bridgehead atoms. The van der Waals surface area contributed by atoms with Gasteiger partial charge in [0.05, 0.1) is 17.9 Å². The first-order chi connectivity index (χ1) is 14.0. The molecule has 10 heteroatoms. The van der Waals surface area contributed by atoms with Crippen molar-refractivity contribution < 1.29 is 29.7 Å². The second-order valence-corrected chi connectivity index (χ2v) is 10.2. The van der Waals surface area contributed by atoms with E-state index in [1.807, 2.05) is 20.8 Å². The molecule has 0 spiro atoms. The van der Waals surface area contributed by atoms with Crippen LogP contribution in [0.15, 0.2) is 0 Å². The molecule has 0 aliphatic rings. The zero-order valence-corrected chi connectivity index (χ0v) is 24.1. The number of hydrogen-bond acceptors (Lipinski definition) is 9. The second kappa shape index (κ2) is 29.3.